The van der Waals surface area contributed by atoms with Gasteiger partial charge in [0.2, 0.25) is 0 Å². The zero-order chi connectivity index (χ0) is 14.9. The van der Waals surface area contributed by atoms with Gasteiger partial charge in [0.1, 0.15) is 5.82 Å². The Morgan fingerprint density at radius 1 is 1.30 bits per heavy atom. The van der Waals surface area contributed by atoms with Crippen LogP contribution in [-0.4, -0.2) is 12.0 Å². The first-order valence-electron chi connectivity index (χ1n) is 5.79. The van der Waals surface area contributed by atoms with E-state index in [-0.39, 0.29) is 0 Å². The lowest BCUT2D eigenvalue weighted by Gasteiger charge is -2.15. The number of rotatable bonds is 3. The summed E-state index contributed by atoms with van der Waals surface area (Å²) in [6.07, 6.45) is -3.35. The molecular weight excluding hydrogens is 292 g/mol. The summed E-state index contributed by atoms with van der Waals surface area (Å²) in [4.78, 5) is 3.68. The molecule has 2 rings (SSSR count). The molecule has 1 N–H and O–H groups in total. The average Bonchev–Trinajstić information content (AvgIpc) is 2.82. The molecule has 2 aromatic rings. The number of benzene rings is 1. The molecule has 0 amide bonds. The molecule has 7 heteroatoms. The first-order valence-corrected chi connectivity index (χ1v) is 6.61. The van der Waals surface area contributed by atoms with E-state index in [0.717, 1.165) is 11.8 Å². The standard InChI is InChI=1S/C13H12F4N2S/c1-7-3-4-8(9(14)5-7)11(18-2)10-6-19-12(20-10)13(15,16)17/h3-6,11,18H,1-2H3. The van der Waals surface area contributed by atoms with E-state index in [9.17, 15) is 17.6 Å². The molecule has 20 heavy (non-hydrogen) atoms. The molecule has 1 heterocycles. The number of nitrogens with zero attached hydrogens (tertiary/aromatic N) is 1. The maximum absolute atomic E-state index is 13.9. The molecule has 0 saturated carbocycles. The van der Waals surface area contributed by atoms with E-state index in [0.29, 0.717) is 21.8 Å². The van der Waals surface area contributed by atoms with Gasteiger partial charge in [-0.05, 0) is 25.6 Å². The molecule has 1 aromatic heterocycles. The second-order valence-corrected chi connectivity index (χ2v) is 5.37. The minimum Gasteiger partial charge on any atom is -0.309 e. The van der Waals surface area contributed by atoms with Crippen molar-refractivity contribution in [1.29, 1.82) is 0 Å². The van der Waals surface area contributed by atoms with Crippen molar-refractivity contribution in [3.05, 3.63) is 51.2 Å². The minimum absolute atomic E-state index is 0.301. The number of hydrogen-bond donors (Lipinski definition) is 1. The van der Waals surface area contributed by atoms with E-state index in [1.54, 1.807) is 26.1 Å². The van der Waals surface area contributed by atoms with Crippen molar-refractivity contribution in [2.24, 2.45) is 0 Å². The molecule has 0 aliphatic carbocycles. The third kappa shape index (κ3) is 2.99. The van der Waals surface area contributed by atoms with Crippen LogP contribution in [0.25, 0.3) is 0 Å². The van der Waals surface area contributed by atoms with Gasteiger partial charge in [0, 0.05) is 16.6 Å². The molecule has 0 aliphatic heterocycles. The molecule has 1 aromatic carbocycles. The molecule has 2 nitrogen and oxygen atoms in total. The van der Waals surface area contributed by atoms with E-state index < -0.39 is 23.0 Å². The zero-order valence-corrected chi connectivity index (χ0v) is 11.6. The second kappa shape index (κ2) is 5.49. The van der Waals surface area contributed by atoms with Crippen LogP contribution in [0, 0.1) is 12.7 Å². The summed E-state index contributed by atoms with van der Waals surface area (Å²) in [5.41, 5.74) is 1.05. The number of aryl methyl sites for hydroxylation is 1. The maximum atomic E-state index is 13.9. The van der Waals surface area contributed by atoms with Crippen LogP contribution in [-0.2, 0) is 6.18 Å². The number of nitrogens with one attached hydrogen (secondary N) is 1. The van der Waals surface area contributed by atoms with E-state index in [1.807, 2.05) is 0 Å². The summed E-state index contributed by atoms with van der Waals surface area (Å²) in [5.74, 6) is -0.452. The van der Waals surface area contributed by atoms with Crippen molar-refractivity contribution >= 4 is 11.3 Å². The van der Waals surface area contributed by atoms with Gasteiger partial charge in [0.25, 0.3) is 0 Å². The molecule has 0 spiro atoms. The SMILES string of the molecule is CNC(c1cnc(C(F)(F)F)s1)c1ccc(C)cc1F. The fraction of sp³-hybridized carbons (Fsp3) is 0.308. The van der Waals surface area contributed by atoms with Crippen LogP contribution in [0.5, 0.6) is 0 Å². The van der Waals surface area contributed by atoms with Crippen LogP contribution in [0.1, 0.15) is 27.1 Å². The number of halogens is 4. The zero-order valence-electron chi connectivity index (χ0n) is 10.8. The van der Waals surface area contributed by atoms with Crippen molar-refractivity contribution in [2.45, 2.75) is 19.1 Å². The highest BCUT2D eigenvalue weighted by atomic mass is 32.1. The molecule has 0 saturated heterocycles. The fourth-order valence-electron chi connectivity index (χ4n) is 1.87. The molecule has 1 atom stereocenters. The minimum atomic E-state index is -4.48. The number of alkyl halides is 3. The van der Waals surface area contributed by atoms with Crippen LogP contribution in [0.2, 0.25) is 0 Å². The fourth-order valence-corrected chi connectivity index (χ4v) is 2.78. The third-order valence-corrected chi connectivity index (χ3v) is 3.91. The van der Waals surface area contributed by atoms with Gasteiger partial charge in [-0.25, -0.2) is 9.37 Å². The number of aromatic nitrogens is 1. The Kier molecular flexibility index (Phi) is 4.10. The van der Waals surface area contributed by atoms with E-state index >= 15 is 0 Å². The Labute approximate surface area is 117 Å². The Morgan fingerprint density at radius 2 is 2.00 bits per heavy atom. The topological polar surface area (TPSA) is 24.9 Å². The summed E-state index contributed by atoms with van der Waals surface area (Å²) >= 11 is 0.515. The van der Waals surface area contributed by atoms with Gasteiger partial charge < -0.3 is 5.32 Å². The Bertz CT molecular complexity index is 607. The number of thiazole rings is 1. The third-order valence-electron chi connectivity index (χ3n) is 2.81. The second-order valence-electron chi connectivity index (χ2n) is 4.31. The summed E-state index contributed by atoms with van der Waals surface area (Å²) in [6, 6.07) is 3.99. The van der Waals surface area contributed by atoms with Crippen molar-refractivity contribution in [3.8, 4) is 0 Å². The number of hydrogen-bond acceptors (Lipinski definition) is 3. The normalized spacial score (nSPS) is 13.5. The monoisotopic (exact) mass is 304 g/mol. The summed E-state index contributed by atoms with van der Waals surface area (Å²) in [6.45, 7) is 1.75. The van der Waals surface area contributed by atoms with Gasteiger partial charge >= 0.3 is 6.18 Å². The van der Waals surface area contributed by atoms with E-state index in [2.05, 4.69) is 10.3 Å². The van der Waals surface area contributed by atoms with Gasteiger partial charge in [0.15, 0.2) is 5.01 Å². The maximum Gasteiger partial charge on any atom is 0.443 e. The highest BCUT2D eigenvalue weighted by Crippen LogP contribution is 2.36. The molecule has 0 aliphatic rings. The first-order chi connectivity index (χ1) is 9.32. The quantitative estimate of drug-likeness (QED) is 0.869. The molecule has 1 unspecified atom stereocenters. The first kappa shape index (κ1) is 14.9. The van der Waals surface area contributed by atoms with Crippen LogP contribution in [0.4, 0.5) is 17.6 Å². The van der Waals surface area contributed by atoms with Gasteiger partial charge in [-0.2, -0.15) is 13.2 Å². The van der Waals surface area contributed by atoms with Crippen molar-refractivity contribution in [1.82, 2.24) is 10.3 Å². The lowest BCUT2D eigenvalue weighted by molar-refractivity contribution is -0.137. The lowest BCUT2D eigenvalue weighted by Crippen LogP contribution is -2.18. The molecule has 0 radical (unpaired) electrons. The summed E-state index contributed by atoms with van der Waals surface area (Å²) in [5, 5.41) is 1.89. The van der Waals surface area contributed by atoms with Crippen molar-refractivity contribution in [3.63, 3.8) is 0 Å². The van der Waals surface area contributed by atoms with Gasteiger partial charge in [-0.1, -0.05) is 12.1 Å². The van der Waals surface area contributed by atoms with Gasteiger partial charge in [-0.3, -0.25) is 0 Å². The predicted molar refractivity (Wildman–Crippen MR) is 69.2 cm³/mol. The largest absolute Gasteiger partial charge is 0.443 e. The smallest absolute Gasteiger partial charge is 0.309 e. The Morgan fingerprint density at radius 3 is 2.50 bits per heavy atom. The average molecular weight is 304 g/mol. The highest BCUT2D eigenvalue weighted by molar-refractivity contribution is 7.11. The van der Waals surface area contributed by atoms with Crippen LogP contribution in [0.15, 0.2) is 24.4 Å². The predicted octanol–water partition coefficient (Wildman–Crippen LogP) is 3.92. The van der Waals surface area contributed by atoms with Crippen LogP contribution < -0.4 is 5.32 Å². The Balaban J connectivity index is 2.40. The van der Waals surface area contributed by atoms with Crippen molar-refractivity contribution in [2.75, 3.05) is 7.05 Å². The molecule has 0 fully saturated rings. The lowest BCUT2D eigenvalue weighted by atomic mass is 10.0. The van der Waals surface area contributed by atoms with Crippen LogP contribution >= 0.6 is 11.3 Å². The molecule has 0 bridgehead atoms. The molecular formula is C13H12F4N2S. The van der Waals surface area contributed by atoms with Crippen molar-refractivity contribution < 1.29 is 17.6 Å². The Hall–Kier alpha value is -1.47. The van der Waals surface area contributed by atoms with Gasteiger partial charge in [-0.15, -0.1) is 11.3 Å². The van der Waals surface area contributed by atoms with E-state index in [4.69, 9.17) is 0 Å². The van der Waals surface area contributed by atoms with Crippen LogP contribution in [0.3, 0.4) is 0 Å². The van der Waals surface area contributed by atoms with E-state index in [1.165, 1.54) is 6.07 Å². The van der Waals surface area contributed by atoms with Gasteiger partial charge in [0.05, 0.1) is 6.04 Å². The highest BCUT2D eigenvalue weighted by Gasteiger charge is 2.35. The molecule has 108 valence electrons. The summed E-state index contributed by atoms with van der Waals surface area (Å²) < 4.78 is 51.6. The summed E-state index contributed by atoms with van der Waals surface area (Å²) in [7, 11) is 1.57.